The van der Waals surface area contributed by atoms with E-state index in [0.717, 1.165) is 18.4 Å². The highest BCUT2D eigenvalue weighted by Gasteiger charge is 2.09. The maximum atomic E-state index is 11.7. The third-order valence-electron chi connectivity index (χ3n) is 3.57. The number of phenols is 1. The summed E-state index contributed by atoms with van der Waals surface area (Å²) in [5.41, 5.74) is 5.98. The fraction of sp³-hybridized carbons (Fsp3) is 0.529. The summed E-state index contributed by atoms with van der Waals surface area (Å²) < 4.78 is 0. The molecule has 0 aliphatic heterocycles. The van der Waals surface area contributed by atoms with E-state index in [1.165, 1.54) is 37.8 Å². The van der Waals surface area contributed by atoms with Gasteiger partial charge < -0.3 is 16.2 Å². The summed E-state index contributed by atoms with van der Waals surface area (Å²) in [5.74, 6) is -0.823. The molecule has 0 spiro atoms. The maximum Gasteiger partial charge on any atom is 0.252 e. The smallest absolute Gasteiger partial charge is 0.252 e. The molecule has 5 nitrogen and oxygen atoms in total. The number of carbonyl (C=O) groups is 2. The van der Waals surface area contributed by atoms with Gasteiger partial charge in [-0.3, -0.25) is 9.59 Å². The van der Waals surface area contributed by atoms with Gasteiger partial charge in [0, 0.05) is 13.0 Å². The van der Waals surface area contributed by atoms with Crippen molar-refractivity contribution in [1.29, 1.82) is 0 Å². The van der Waals surface area contributed by atoms with Crippen LogP contribution < -0.4 is 11.1 Å². The Labute approximate surface area is 131 Å². The molecular weight excluding hydrogens is 280 g/mol. The highest BCUT2D eigenvalue weighted by atomic mass is 16.3. The van der Waals surface area contributed by atoms with E-state index in [1.807, 2.05) is 0 Å². The lowest BCUT2D eigenvalue weighted by Crippen LogP contribution is -2.22. The van der Waals surface area contributed by atoms with E-state index in [2.05, 4.69) is 12.2 Å². The SMILES string of the molecule is CCCCCCCCC(=O)NCc1ccc(O)c(C(N)=O)c1. The zero-order valence-electron chi connectivity index (χ0n) is 13.2. The normalized spacial score (nSPS) is 10.4. The molecule has 1 aromatic rings. The molecule has 1 rings (SSSR count). The number of nitrogens with one attached hydrogen (secondary N) is 1. The van der Waals surface area contributed by atoms with E-state index < -0.39 is 5.91 Å². The highest BCUT2D eigenvalue weighted by Crippen LogP contribution is 2.17. The van der Waals surface area contributed by atoms with Gasteiger partial charge in [-0.1, -0.05) is 45.1 Å². The maximum absolute atomic E-state index is 11.7. The number of rotatable bonds is 10. The summed E-state index contributed by atoms with van der Waals surface area (Å²) in [6.07, 6.45) is 7.40. The molecule has 0 saturated heterocycles. The molecule has 0 aliphatic rings. The summed E-state index contributed by atoms with van der Waals surface area (Å²) in [6, 6.07) is 4.57. The Balaban J connectivity index is 2.29. The van der Waals surface area contributed by atoms with Crippen LogP contribution in [-0.4, -0.2) is 16.9 Å². The molecule has 0 radical (unpaired) electrons. The number of amides is 2. The minimum Gasteiger partial charge on any atom is -0.507 e. The van der Waals surface area contributed by atoms with Crippen LogP contribution in [0.25, 0.3) is 0 Å². The molecular formula is C17H26N2O3. The molecule has 0 heterocycles. The fourth-order valence-electron chi connectivity index (χ4n) is 2.25. The lowest BCUT2D eigenvalue weighted by atomic mass is 10.1. The predicted molar refractivity (Wildman–Crippen MR) is 86.5 cm³/mol. The Kier molecular flexibility index (Phi) is 8.04. The van der Waals surface area contributed by atoms with Gasteiger partial charge in [0.2, 0.25) is 5.91 Å². The quantitative estimate of drug-likeness (QED) is 0.580. The predicted octanol–water partition coefficient (Wildman–Crippen LogP) is 2.86. The molecule has 0 atom stereocenters. The molecule has 1 aromatic carbocycles. The minimum absolute atomic E-state index is 0.00388. The van der Waals surface area contributed by atoms with E-state index in [1.54, 1.807) is 6.07 Å². The van der Waals surface area contributed by atoms with Crippen molar-refractivity contribution in [3.63, 3.8) is 0 Å². The second-order valence-corrected chi connectivity index (χ2v) is 5.51. The van der Waals surface area contributed by atoms with Gasteiger partial charge >= 0.3 is 0 Å². The average Bonchev–Trinajstić information content (AvgIpc) is 2.49. The van der Waals surface area contributed by atoms with Crippen molar-refractivity contribution in [2.45, 2.75) is 58.4 Å². The largest absolute Gasteiger partial charge is 0.507 e. The molecule has 2 amide bonds. The number of hydrogen-bond donors (Lipinski definition) is 3. The first-order chi connectivity index (χ1) is 10.5. The summed E-state index contributed by atoms with van der Waals surface area (Å²) in [7, 11) is 0. The topological polar surface area (TPSA) is 92.4 Å². The minimum atomic E-state index is -0.683. The van der Waals surface area contributed by atoms with Crippen LogP contribution in [0.15, 0.2) is 18.2 Å². The van der Waals surface area contributed by atoms with Gasteiger partial charge in [0.05, 0.1) is 5.56 Å². The number of unbranched alkanes of at least 4 members (excludes halogenated alkanes) is 5. The summed E-state index contributed by atoms with van der Waals surface area (Å²) in [4.78, 5) is 22.9. The van der Waals surface area contributed by atoms with E-state index in [-0.39, 0.29) is 17.2 Å². The van der Waals surface area contributed by atoms with Crippen LogP contribution in [0, 0.1) is 0 Å². The lowest BCUT2D eigenvalue weighted by molar-refractivity contribution is -0.121. The Bertz CT molecular complexity index is 501. The second kappa shape index (κ2) is 9.82. The first kappa shape index (κ1) is 18.0. The molecule has 0 bridgehead atoms. The molecule has 0 saturated carbocycles. The Morgan fingerprint density at radius 2 is 1.82 bits per heavy atom. The first-order valence-electron chi connectivity index (χ1n) is 7.93. The fourth-order valence-corrected chi connectivity index (χ4v) is 2.25. The number of benzene rings is 1. The second-order valence-electron chi connectivity index (χ2n) is 5.51. The lowest BCUT2D eigenvalue weighted by Gasteiger charge is -2.07. The molecule has 0 aliphatic carbocycles. The summed E-state index contributed by atoms with van der Waals surface area (Å²) in [5, 5.41) is 12.3. The van der Waals surface area contributed by atoms with E-state index in [9.17, 15) is 14.7 Å². The van der Waals surface area contributed by atoms with Crippen molar-refractivity contribution in [3.05, 3.63) is 29.3 Å². The van der Waals surface area contributed by atoms with Gasteiger partial charge in [-0.05, 0) is 24.1 Å². The highest BCUT2D eigenvalue weighted by molar-refractivity contribution is 5.95. The molecule has 5 heteroatoms. The van der Waals surface area contributed by atoms with Crippen LogP contribution in [0.2, 0.25) is 0 Å². The van der Waals surface area contributed by atoms with Crippen LogP contribution in [0.4, 0.5) is 0 Å². The van der Waals surface area contributed by atoms with Crippen molar-refractivity contribution in [2.75, 3.05) is 0 Å². The van der Waals surface area contributed by atoms with Crippen molar-refractivity contribution in [1.82, 2.24) is 5.32 Å². The standard InChI is InChI=1S/C17H26N2O3/c1-2-3-4-5-6-7-8-16(21)19-12-13-9-10-15(20)14(11-13)17(18)22/h9-11,20H,2-8,12H2,1H3,(H2,18,22)(H,19,21). The monoisotopic (exact) mass is 306 g/mol. The average molecular weight is 306 g/mol. The van der Waals surface area contributed by atoms with Gasteiger partial charge in [-0.2, -0.15) is 0 Å². The van der Waals surface area contributed by atoms with Crippen LogP contribution >= 0.6 is 0 Å². The first-order valence-corrected chi connectivity index (χ1v) is 7.93. The Hall–Kier alpha value is -2.04. The molecule has 0 aromatic heterocycles. The van der Waals surface area contributed by atoms with E-state index >= 15 is 0 Å². The van der Waals surface area contributed by atoms with Gasteiger partial charge in [0.25, 0.3) is 5.91 Å². The van der Waals surface area contributed by atoms with Crippen molar-refractivity contribution in [2.24, 2.45) is 5.73 Å². The van der Waals surface area contributed by atoms with Crippen molar-refractivity contribution >= 4 is 11.8 Å². The third-order valence-corrected chi connectivity index (χ3v) is 3.57. The molecule has 4 N–H and O–H groups in total. The van der Waals surface area contributed by atoms with Crippen molar-refractivity contribution in [3.8, 4) is 5.75 Å². The molecule has 122 valence electrons. The van der Waals surface area contributed by atoms with Crippen LogP contribution in [-0.2, 0) is 11.3 Å². The number of hydrogen-bond acceptors (Lipinski definition) is 3. The zero-order valence-corrected chi connectivity index (χ0v) is 13.2. The number of aromatic hydroxyl groups is 1. The van der Waals surface area contributed by atoms with Crippen LogP contribution in [0.1, 0.15) is 67.8 Å². The third kappa shape index (κ3) is 6.61. The number of nitrogens with two attached hydrogens (primary N) is 1. The zero-order chi connectivity index (χ0) is 16.4. The van der Waals surface area contributed by atoms with Gasteiger partial charge in [-0.25, -0.2) is 0 Å². The Morgan fingerprint density at radius 1 is 1.14 bits per heavy atom. The van der Waals surface area contributed by atoms with E-state index in [4.69, 9.17) is 5.73 Å². The Morgan fingerprint density at radius 3 is 2.50 bits per heavy atom. The number of carbonyl (C=O) groups excluding carboxylic acids is 2. The molecule has 0 fully saturated rings. The van der Waals surface area contributed by atoms with E-state index in [0.29, 0.717) is 13.0 Å². The van der Waals surface area contributed by atoms with Gasteiger partial charge in [-0.15, -0.1) is 0 Å². The van der Waals surface area contributed by atoms with Gasteiger partial charge in [0.1, 0.15) is 5.75 Å². The number of primary amides is 1. The van der Waals surface area contributed by atoms with Crippen LogP contribution in [0.3, 0.4) is 0 Å². The van der Waals surface area contributed by atoms with Crippen LogP contribution in [0.5, 0.6) is 5.75 Å². The molecule has 0 unspecified atom stereocenters. The molecule has 22 heavy (non-hydrogen) atoms. The van der Waals surface area contributed by atoms with Crippen molar-refractivity contribution < 1.29 is 14.7 Å². The van der Waals surface area contributed by atoms with Gasteiger partial charge in [0.15, 0.2) is 0 Å². The summed E-state index contributed by atoms with van der Waals surface area (Å²) >= 11 is 0. The summed E-state index contributed by atoms with van der Waals surface area (Å²) in [6.45, 7) is 2.51.